The van der Waals surface area contributed by atoms with E-state index < -0.39 is 12.6 Å². The predicted octanol–water partition coefficient (Wildman–Crippen LogP) is 2.51. The second-order valence-corrected chi connectivity index (χ2v) is 5.81. The van der Waals surface area contributed by atoms with E-state index in [4.69, 9.17) is 14.2 Å². The van der Waals surface area contributed by atoms with E-state index in [1.165, 1.54) is 25.3 Å². The van der Waals surface area contributed by atoms with Crippen LogP contribution in [0, 0.1) is 13.8 Å². The highest BCUT2D eigenvalue weighted by atomic mass is 16.5. The first-order chi connectivity index (χ1) is 12.4. The number of carbonyl (C=O) groups is 2. The van der Waals surface area contributed by atoms with E-state index >= 15 is 0 Å². The highest BCUT2D eigenvalue weighted by Crippen LogP contribution is 2.24. The van der Waals surface area contributed by atoms with E-state index in [9.17, 15) is 14.7 Å². The van der Waals surface area contributed by atoms with Gasteiger partial charge in [-0.2, -0.15) is 0 Å². The molecule has 0 saturated carbocycles. The van der Waals surface area contributed by atoms with Crippen molar-refractivity contribution in [1.82, 2.24) is 4.57 Å². The molecule has 1 aromatic heterocycles. The summed E-state index contributed by atoms with van der Waals surface area (Å²) < 4.78 is 17.1. The Kier molecular flexibility index (Phi) is 6.41. The molecule has 7 nitrogen and oxygen atoms in total. The van der Waals surface area contributed by atoms with Gasteiger partial charge in [-0.3, -0.25) is 4.79 Å². The van der Waals surface area contributed by atoms with Crippen LogP contribution in [-0.2, 0) is 16.0 Å². The maximum absolute atomic E-state index is 12.4. The van der Waals surface area contributed by atoms with Crippen LogP contribution in [0.1, 0.15) is 32.1 Å². The fourth-order valence-corrected chi connectivity index (χ4v) is 2.71. The highest BCUT2D eigenvalue weighted by molar-refractivity contribution is 6.01. The van der Waals surface area contributed by atoms with Crippen molar-refractivity contribution in [3.05, 3.63) is 46.8 Å². The van der Waals surface area contributed by atoms with Gasteiger partial charge in [-0.15, -0.1) is 0 Å². The number of hydrogen-bond acceptors (Lipinski definition) is 6. The van der Waals surface area contributed by atoms with Gasteiger partial charge in [-0.25, -0.2) is 4.79 Å². The van der Waals surface area contributed by atoms with Crippen LogP contribution in [0.4, 0.5) is 0 Å². The molecule has 0 spiro atoms. The zero-order valence-electron chi connectivity index (χ0n) is 15.4. The molecule has 2 rings (SSSR count). The number of benzene rings is 1. The fraction of sp³-hybridized carbons (Fsp3) is 0.368. The zero-order chi connectivity index (χ0) is 19.3. The molecule has 0 aliphatic carbocycles. The number of ketones is 1. The number of aromatic nitrogens is 1. The lowest BCUT2D eigenvalue weighted by atomic mass is 10.1. The number of aryl methyl sites for hydroxylation is 1. The number of hydrogen-bond donors (Lipinski definition) is 1. The van der Waals surface area contributed by atoms with Crippen LogP contribution >= 0.6 is 0 Å². The molecule has 0 unspecified atom stereocenters. The van der Waals surface area contributed by atoms with Crippen LogP contribution < -0.4 is 4.74 Å². The number of esters is 1. The van der Waals surface area contributed by atoms with Gasteiger partial charge in [0, 0.05) is 36.7 Å². The average Bonchev–Trinajstić information content (AvgIpc) is 2.91. The second kappa shape index (κ2) is 8.53. The number of phenolic OH excluding ortho intramolecular Hbond substituents is 1. The van der Waals surface area contributed by atoms with Gasteiger partial charge < -0.3 is 23.9 Å². The molecule has 0 bridgehead atoms. The monoisotopic (exact) mass is 361 g/mol. The van der Waals surface area contributed by atoms with Gasteiger partial charge in [0.2, 0.25) is 5.78 Å². The number of nitrogens with zero attached hydrogens (tertiary/aromatic N) is 1. The minimum atomic E-state index is -0.772. The SMILES string of the molecule is COCCn1c(C)cc(C(=O)COC(=O)c2ccc(OC)cc2O)c1C. The van der Waals surface area contributed by atoms with E-state index in [0.29, 0.717) is 24.5 Å². The molecule has 7 heteroatoms. The molecule has 0 fully saturated rings. The Morgan fingerprint density at radius 2 is 1.85 bits per heavy atom. The molecule has 0 radical (unpaired) electrons. The topological polar surface area (TPSA) is 87.0 Å². The molecule has 0 aliphatic heterocycles. The molecule has 2 aromatic rings. The third-order valence-electron chi connectivity index (χ3n) is 4.15. The Hall–Kier alpha value is -2.80. The molecule has 0 amide bonds. The zero-order valence-corrected chi connectivity index (χ0v) is 15.4. The van der Waals surface area contributed by atoms with E-state index in [1.54, 1.807) is 13.2 Å². The highest BCUT2D eigenvalue weighted by Gasteiger charge is 2.19. The first kappa shape index (κ1) is 19.5. The number of ether oxygens (including phenoxy) is 3. The minimum absolute atomic E-state index is 0.0239. The van der Waals surface area contributed by atoms with Crippen LogP contribution in [-0.4, -0.2) is 48.9 Å². The second-order valence-electron chi connectivity index (χ2n) is 5.81. The maximum Gasteiger partial charge on any atom is 0.342 e. The van der Waals surface area contributed by atoms with Gasteiger partial charge in [0.25, 0.3) is 0 Å². The Bertz CT molecular complexity index is 809. The number of rotatable bonds is 8. The summed E-state index contributed by atoms with van der Waals surface area (Å²) >= 11 is 0. The van der Waals surface area contributed by atoms with Crippen molar-refractivity contribution in [3.63, 3.8) is 0 Å². The summed E-state index contributed by atoms with van der Waals surface area (Å²) in [4.78, 5) is 24.5. The van der Waals surface area contributed by atoms with Crippen molar-refractivity contribution in [3.8, 4) is 11.5 Å². The summed E-state index contributed by atoms with van der Waals surface area (Å²) in [5.74, 6) is -0.923. The van der Waals surface area contributed by atoms with Gasteiger partial charge in [0.15, 0.2) is 6.61 Å². The smallest absolute Gasteiger partial charge is 0.342 e. The Morgan fingerprint density at radius 1 is 1.12 bits per heavy atom. The summed E-state index contributed by atoms with van der Waals surface area (Å²) in [6.07, 6.45) is 0. The first-order valence-electron chi connectivity index (χ1n) is 8.12. The van der Waals surface area contributed by atoms with Gasteiger partial charge in [-0.05, 0) is 32.0 Å². The number of carbonyl (C=O) groups excluding carboxylic acids is 2. The lowest BCUT2D eigenvalue weighted by Crippen LogP contribution is -2.15. The van der Waals surface area contributed by atoms with Crippen molar-refractivity contribution in [2.24, 2.45) is 0 Å². The van der Waals surface area contributed by atoms with Gasteiger partial charge in [0.05, 0.1) is 13.7 Å². The molecule has 1 heterocycles. The largest absolute Gasteiger partial charge is 0.507 e. The van der Waals surface area contributed by atoms with Crippen LogP contribution in [0.15, 0.2) is 24.3 Å². The molecule has 0 aliphatic rings. The fourth-order valence-electron chi connectivity index (χ4n) is 2.71. The van der Waals surface area contributed by atoms with Crippen molar-refractivity contribution >= 4 is 11.8 Å². The predicted molar refractivity (Wildman–Crippen MR) is 95.1 cm³/mol. The number of aromatic hydroxyl groups is 1. The molecule has 0 atom stereocenters. The van der Waals surface area contributed by atoms with Crippen LogP contribution in [0.3, 0.4) is 0 Å². The maximum atomic E-state index is 12.4. The van der Waals surface area contributed by atoms with Crippen molar-refractivity contribution in [1.29, 1.82) is 0 Å². The van der Waals surface area contributed by atoms with Crippen LogP contribution in [0.2, 0.25) is 0 Å². The Labute approximate surface area is 152 Å². The van der Waals surface area contributed by atoms with Gasteiger partial charge in [-0.1, -0.05) is 0 Å². The molecule has 0 saturated heterocycles. The van der Waals surface area contributed by atoms with E-state index in [-0.39, 0.29) is 17.1 Å². The minimum Gasteiger partial charge on any atom is -0.507 e. The molecule has 26 heavy (non-hydrogen) atoms. The normalized spacial score (nSPS) is 10.6. The standard InChI is InChI=1S/C19H23NO6/c1-12-9-16(13(2)20(12)7-8-24-3)18(22)11-26-19(23)15-6-5-14(25-4)10-17(15)21/h5-6,9-10,21H,7-8,11H2,1-4H3. The van der Waals surface area contributed by atoms with Gasteiger partial charge >= 0.3 is 5.97 Å². The summed E-state index contributed by atoms with van der Waals surface area (Å²) in [6, 6.07) is 5.99. The molecule has 1 N–H and O–H groups in total. The van der Waals surface area contributed by atoms with Crippen molar-refractivity contribution < 1.29 is 28.9 Å². The van der Waals surface area contributed by atoms with Crippen molar-refractivity contribution in [2.75, 3.05) is 27.4 Å². The quantitative estimate of drug-likeness (QED) is 0.574. The van der Waals surface area contributed by atoms with E-state index in [0.717, 1.165) is 11.4 Å². The third-order valence-corrected chi connectivity index (χ3v) is 4.15. The Morgan fingerprint density at radius 3 is 2.46 bits per heavy atom. The van der Waals surface area contributed by atoms with Crippen LogP contribution in [0.25, 0.3) is 0 Å². The molecule has 1 aromatic carbocycles. The summed E-state index contributed by atoms with van der Waals surface area (Å²) in [5, 5.41) is 9.86. The number of methoxy groups -OCH3 is 2. The molecule has 140 valence electrons. The van der Waals surface area contributed by atoms with Crippen molar-refractivity contribution in [2.45, 2.75) is 20.4 Å². The van der Waals surface area contributed by atoms with Gasteiger partial charge in [0.1, 0.15) is 17.1 Å². The number of Topliss-reactive ketones (excluding diaryl/α,β-unsaturated/α-hetero) is 1. The summed E-state index contributed by atoms with van der Waals surface area (Å²) in [6.45, 7) is 4.52. The summed E-state index contributed by atoms with van der Waals surface area (Å²) in [7, 11) is 3.07. The third kappa shape index (κ3) is 4.23. The lowest BCUT2D eigenvalue weighted by molar-refractivity contribution is 0.0471. The van der Waals surface area contributed by atoms with E-state index in [2.05, 4.69) is 0 Å². The van der Waals surface area contributed by atoms with E-state index in [1.807, 2.05) is 18.4 Å². The van der Waals surface area contributed by atoms with Crippen LogP contribution in [0.5, 0.6) is 11.5 Å². The summed E-state index contributed by atoms with van der Waals surface area (Å²) in [5.41, 5.74) is 2.21. The lowest BCUT2D eigenvalue weighted by Gasteiger charge is -2.09. The number of phenols is 1. The first-order valence-corrected chi connectivity index (χ1v) is 8.12. The molecular weight excluding hydrogens is 338 g/mol. The molecular formula is C19H23NO6. The Balaban J connectivity index is 2.06. The average molecular weight is 361 g/mol.